The van der Waals surface area contributed by atoms with E-state index in [1.54, 1.807) is 21.1 Å². The Labute approximate surface area is 168 Å². The van der Waals surface area contributed by atoms with E-state index >= 15 is 0 Å². The van der Waals surface area contributed by atoms with Crippen LogP contribution in [0.2, 0.25) is 0 Å². The fraction of sp³-hybridized carbons (Fsp3) is 0.778. The van der Waals surface area contributed by atoms with E-state index in [-0.39, 0.29) is 30.1 Å². The maximum atomic E-state index is 12.2. The fourth-order valence-corrected chi connectivity index (χ4v) is 5.25. The summed E-state index contributed by atoms with van der Waals surface area (Å²) in [5, 5.41) is 21.3. The molecule has 1 aromatic heterocycles. The zero-order valence-electron chi connectivity index (χ0n) is 16.5. The van der Waals surface area contributed by atoms with Gasteiger partial charge in [-0.05, 0) is 46.5 Å². The molecule has 2 bridgehead atoms. The first-order chi connectivity index (χ1) is 13.2. The number of amides is 3. The predicted octanol–water partition coefficient (Wildman–Crippen LogP) is 2.98. The van der Waals surface area contributed by atoms with Gasteiger partial charge >= 0.3 is 12.1 Å². The molecule has 0 saturated carbocycles. The quantitative estimate of drug-likeness (QED) is 0.754. The van der Waals surface area contributed by atoms with Crippen LogP contribution < -0.4 is 0 Å². The summed E-state index contributed by atoms with van der Waals surface area (Å²) in [5.41, 5.74) is -0.488. The molecule has 2 atom stereocenters. The minimum absolute atomic E-state index is 0.103. The number of hydroxylamine groups is 2. The average molecular weight is 410 g/mol. The molecule has 0 radical (unpaired) electrons. The molecular formula is C18H27N5O4S. The lowest BCUT2D eigenvalue weighted by Gasteiger charge is -2.32. The minimum Gasteiger partial charge on any atom is -0.444 e. The van der Waals surface area contributed by atoms with E-state index in [1.807, 2.05) is 20.8 Å². The van der Waals surface area contributed by atoms with Crippen LogP contribution in [0, 0.1) is 0 Å². The van der Waals surface area contributed by atoms with E-state index in [2.05, 4.69) is 10.2 Å². The number of piperidine rings is 2. The van der Waals surface area contributed by atoms with Crippen molar-refractivity contribution in [1.29, 1.82) is 0 Å². The van der Waals surface area contributed by atoms with Crippen LogP contribution in [0.1, 0.15) is 68.4 Å². The molecular weight excluding hydrogens is 382 g/mol. The molecule has 1 N–H and O–H groups in total. The number of likely N-dealkylation sites (tertiary alicyclic amines) is 1. The van der Waals surface area contributed by atoms with Crippen molar-refractivity contribution in [2.75, 3.05) is 19.6 Å². The number of hydrogen-bond donors (Lipinski definition) is 1. The molecule has 28 heavy (non-hydrogen) atoms. The first-order valence-corrected chi connectivity index (χ1v) is 10.6. The maximum Gasteiger partial charge on any atom is 0.410 e. The third-order valence-electron chi connectivity index (χ3n) is 5.58. The Morgan fingerprint density at radius 2 is 1.82 bits per heavy atom. The summed E-state index contributed by atoms with van der Waals surface area (Å²) < 4.78 is 5.45. The minimum atomic E-state index is -0.488. The molecule has 0 spiro atoms. The van der Waals surface area contributed by atoms with Crippen molar-refractivity contribution in [1.82, 2.24) is 25.1 Å². The zero-order chi connectivity index (χ0) is 20.1. The summed E-state index contributed by atoms with van der Waals surface area (Å²) >= 11 is 1.56. The molecule has 9 nitrogen and oxygen atoms in total. The Morgan fingerprint density at radius 1 is 1.14 bits per heavy atom. The summed E-state index contributed by atoms with van der Waals surface area (Å²) in [4.78, 5) is 27.9. The van der Waals surface area contributed by atoms with Crippen LogP contribution >= 0.6 is 11.3 Å². The molecule has 3 saturated heterocycles. The second-order valence-electron chi connectivity index (χ2n) is 8.75. The van der Waals surface area contributed by atoms with Gasteiger partial charge < -0.3 is 14.5 Å². The lowest BCUT2D eigenvalue weighted by atomic mass is 9.98. The highest BCUT2D eigenvalue weighted by Gasteiger charge is 2.46. The van der Waals surface area contributed by atoms with Gasteiger partial charge in [-0.15, -0.1) is 10.2 Å². The molecule has 10 heteroatoms. The molecule has 3 aliphatic rings. The van der Waals surface area contributed by atoms with Gasteiger partial charge in [-0.3, -0.25) is 5.21 Å². The van der Waals surface area contributed by atoms with Crippen LogP contribution in [-0.2, 0) is 4.74 Å². The van der Waals surface area contributed by atoms with Crippen molar-refractivity contribution in [2.24, 2.45) is 0 Å². The monoisotopic (exact) mass is 409 g/mol. The number of rotatable bonds is 2. The van der Waals surface area contributed by atoms with E-state index < -0.39 is 5.60 Å². The van der Waals surface area contributed by atoms with Crippen LogP contribution in [0.25, 0.3) is 0 Å². The third-order valence-corrected chi connectivity index (χ3v) is 6.77. The summed E-state index contributed by atoms with van der Waals surface area (Å²) in [6.45, 7) is 7.44. The Morgan fingerprint density at radius 3 is 2.50 bits per heavy atom. The highest BCUT2D eigenvalue weighted by Crippen LogP contribution is 2.40. The molecule has 3 amide bonds. The van der Waals surface area contributed by atoms with Crippen LogP contribution in [0.4, 0.5) is 9.59 Å². The maximum absolute atomic E-state index is 12.2. The van der Waals surface area contributed by atoms with Gasteiger partial charge in [0.25, 0.3) is 0 Å². The number of hydrogen-bond acceptors (Lipinski definition) is 7. The SMILES string of the molecule is CC(C)(C)OC(=O)N1CCC(c2nnc([C@@H]3CC[C@H]4CN3C(=O)N4O)s2)CC1. The number of ether oxygens (including phenoxy) is 1. The Kier molecular flexibility index (Phi) is 4.95. The van der Waals surface area contributed by atoms with Crippen LogP contribution in [0.15, 0.2) is 0 Å². The van der Waals surface area contributed by atoms with Gasteiger partial charge in [0.1, 0.15) is 15.6 Å². The highest BCUT2D eigenvalue weighted by atomic mass is 32.1. The molecule has 4 rings (SSSR count). The first kappa shape index (κ1) is 19.4. The van der Waals surface area contributed by atoms with Crippen molar-refractivity contribution < 1.29 is 19.5 Å². The number of nitrogens with zero attached hydrogens (tertiary/aromatic N) is 5. The van der Waals surface area contributed by atoms with Gasteiger partial charge in [-0.2, -0.15) is 0 Å². The smallest absolute Gasteiger partial charge is 0.410 e. The summed E-state index contributed by atoms with van der Waals surface area (Å²) in [6.07, 6.45) is 2.95. The molecule has 0 aliphatic carbocycles. The van der Waals surface area contributed by atoms with Crippen LogP contribution in [-0.4, -0.2) is 73.7 Å². The second-order valence-corrected chi connectivity index (χ2v) is 9.79. The summed E-state index contributed by atoms with van der Waals surface area (Å²) in [7, 11) is 0. The molecule has 0 unspecified atom stereocenters. The van der Waals surface area contributed by atoms with Gasteiger partial charge in [-0.25, -0.2) is 14.7 Å². The topological polar surface area (TPSA) is 99.1 Å². The van der Waals surface area contributed by atoms with E-state index in [0.717, 1.165) is 40.8 Å². The predicted molar refractivity (Wildman–Crippen MR) is 101 cm³/mol. The van der Waals surface area contributed by atoms with Gasteiger partial charge in [0, 0.05) is 25.6 Å². The highest BCUT2D eigenvalue weighted by molar-refractivity contribution is 7.11. The van der Waals surface area contributed by atoms with E-state index in [9.17, 15) is 14.8 Å². The lowest BCUT2D eigenvalue weighted by Crippen LogP contribution is -2.41. The second kappa shape index (κ2) is 7.14. The number of fused-ring (bicyclic) bond motifs is 2. The Hall–Kier alpha value is -1.94. The van der Waals surface area contributed by atoms with Gasteiger partial charge in [0.2, 0.25) is 0 Å². The van der Waals surface area contributed by atoms with E-state index in [0.29, 0.717) is 19.6 Å². The van der Waals surface area contributed by atoms with Gasteiger partial charge in [0.15, 0.2) is 0 Å². The fourth-order valence-electron chi connectivity index (χ4n) is 4.09. The standard InChI is InChI=1S/C18H27N5O4S/c1-18(2,3)27-17(25)21-8-6-11(7-9-21)14-19-20-15(28-14)13-5-4-12-10-22(13)16(24)23(12)26/h11-13,26H,4-10H2,1-3H3/t12-,13-/m0/s1. The first-order valence-electron chi connectivity index (χ1n) is 9.83. The summed E-state index contributed by atoms with van der Waals surface area (Å²) in [5.74, 6) is 0.268. The van der Waals surface area contributed by atoms with E-state index in [4.69, 9.17) is 4.74 Å². The molecule has 1 aromatic rings. The number of carbonyl (C=O) groups is 2. The molecule has 3 aliphatic heterocycles. The van der Waals surface area contributed by atoms with Crippen molar-refractivity contribution >= 4 is 23.5 Å². The summed E-state index contributed by atoms with van der Waals surface area (Å²) in [6, 6.07) is -0.544. The molecule has 3 fully saturated rings. The Bertz CT molecular complexity index is 755. The molecule has 154 valence electrons. The third kappa shape index (κ3) is 3.67. The van der Waals surface area contributed by atoms with Crippen molar-refractivity contribution in [3.8, 4) is 0 Å². The normalized spacial score (nSPS) is 26.1. The average Bonchev–Trinajstić information content (AvgIpc) is 3.22. The molecule has 0 aromatic carbocycles. The largest absolute Gasteiger partial charge is 0.444 e. The van der Waals surface area contributed by atoms with Crippen LogP contribution in [0.5, 0.6) is 0 Å². The van der Waals surface area contributed by atoms with Crippen molar-refractivity contribution in [3.05, 3.63) is 10.0 Å². The van der Waals surface area contributed by atoms with Crippen LogP contribution in [0.3, 0.4) is 0 Å². The Balaban J connectivity index is 1.37. The van der Waals surface area contributed by atoms with Crippen molar-refractivity contribution in [3.63, 3.8) is 0 Å². The zero-order valence-corrected chi connectivity index (χ0v) is 17.3. The van der Waals surface area contributed by atoms with E-state index in [1.165, 1.54) is 0 Å². The molecule has 4 heterocycles. The number of aromatic nitrogens is 2. The lowest BCUT2D eigenvalue weighted by molar-refractivity contribution is -0.0584. The number of carbonyl (C=O) groups excluding carboxylic acids is 2. The van der Waals surface area contributed by atoms with Gasteiger partial charge in [0.05, 0.1) is 12.1 Å². The van der Waals surface area contributed by atoms with Gasteiger partial charge in [-0.1, -0.05) is 11.3 Å². The van der Waals surface area contributed by atoms with Crippen molar-refractivity contribution in [2.45, 2.75) is 70.1 Å². The number of urea groups is 1.